The van der Waals surface area contributed by atoms with E-state index in [0.29, 0.717) is 0 Å². The highest BCUT2D eigenvalue weighted by Gasteiger charge is 2.43. The van der Waals surface area contributed by atoms with E-state index < -0.39 is 16.9 Å². The summed E-state index contributed by atoms with van der Waals surface area (Å²) in [5, 5.41) is 8.64. The highest BCUT2D eigenvalue weighted by atomic mass is 35.5. The van der Waals surface area contributed by atoms with Crippen LogP contribution in [0.5, 0.6) is 0 Å². The standard InChI is InChI=1S/C5H8Cl2F2O/c1-2-3(10)5(8,9)4(6)7/h3-4,10H,2H2,1H3. The lowest BCUT2D eigenvalue weighted by Crippen LogP contribution is -2.38. The average Bonchev–Trinajstić information content (AvgIpc) is 1.86. The Balaban J connectivity index is 4.09. The first-order valence-electron chi connectivity index (χ1n) is 2.77. The van der Waals surface area contributed by atoms with Crippen molar-refractivity contribution in [2.45, 2.75) is 30.2 Å². The van der Waals surface area contributed by atoms with E-state index in [1.54, 1.807) is 0 Å². The number of hydrogen-bond donors (Lipinski definition) is 1. The van der Waals surface area contributed by atoms with Gasteiger partial charge in [0.15, 0.2) is 4.84 Å². The Labute approximate surface area is 67.9 Å². The molecule has 0 aliphatic heterocycles. The minimum absolute atomic E-state index is 0.0665. The molecule has 0 amide bonds. The lowest BCUT2D eigenvalue weighted by molar-refractivity contribution is -0.0979. The number of hydrogen-bond acceptors (Lipinski definition) is 1. The van der Waals surface area contributed by atoms with Crippen LogP contribution >= 0.6 is 23.2 Å². The van der Waals surface area contributed by atoms with Crippen LogP contribution in [-0.2, 0) is 0 Å². The Bertz CT molecular complexity index is 108. The van der Waals surface area contributed by atoms with E-state index in [4.69, 9.17) is 28.3 Å². The predicted octanol–water partition coefficient (Wildman–Crippen LogP) is 2.20. The van der Waals surface area contributed by atoms with E-state index in [2.05, 4.69) is 0 Å². The fraction of sp³-hybridized carbons (Fsp3) is 1.00. The summed E-state index contributed by atoms with van der Waals surface area (Å²) in [4.78, 5) is -1.84. The predicted molar refractivity (Wildman–Crippen MR) is 36.7 cm³/mol. The molecule has 1 atom stereocenters. The van der Waals surface area contributed by atoms with Crippen LogP contribution in [0.4, 0.5) is 8.78 Å². The maximum atomic E-state index is 12.4. The molecule has 5 heteroatoms. The molecule has 0 aliphatic rings. The molecule has 0 radical (unpaired) electrons. The Morgan fingerprint density at radius 1 is 1.50 bits per heavy atom. The van der Waals surface area contributed by atoms with Crippen LogP contribution in [0.15, 0.2) is 0 Å². The summed E-state index contributed by atoms with van der Waals surface area (Å²) in [6, 6.07) is 0. The van der Waals surface area contributed by atoms with Crippen LogP contribution in [0.2, 0.25) is 0 Å². The molecule has 0 spiro atoms. The van der Waals surface area contributed by atoms with E-state index in [9.17, 15) is 8.78 Å². The largest absolute Gasteiger partial charge is 0.387 e. The van der Waals surface area contributed by atoms with Gasteiger partial charge in [0.25, 0.3) is 0 Å². The summed E-state index contributed by atoms with van der Waals surface area (Å²) >= 11 is 9.80. The Morgan fingerprint density at radius 2 is 1.90 bits per heavy atom. The first kappa shape index (κ1) is 10.4. The molecule has 0 aromatic rings. The first-order chi connectivity index (χ1) is 4.42. The molecule has 62 valence electrons. The summed E-state index contributed by atoms with van der Waals surface area (Å²) in [6.07, 6.45) is -1.82. The number of rotatable bonds is 3. The summed E-state index contributed by atoms with van der Waals surface area (Å²) in [6.45, 7) is 1.43. The third kappa shape index (κ3) is 2.22. The fourth-order valence-corrected chi connectivity index (χ4v) is 0.708. The van der Waals surface area contributed by atoms with Gasteiger partial charge in [0, 0.05) is 0 Å². The summed E-state index contributed by atoms with van der Waals surface area (Å²) in [5.41, 5.74) is 0. The van der Waals surface area contributed by atoms with Gasteiger partial charge in [-0.15, -0.1) is 0 Å². The van der Waals surface area contributed by atoms with Crippen LogP contribution in [-0.4, -0.2) is 22.0 Å². The number of halogens is 4. The van der Waals surface area contributed by atoms with E-state index in [1.165, 1.54) is 6.92 Å². The van der Waals surface area contributed by atoms with E-state index >= 15 is 0 Å². The van der Waals surface area contributed by atoms with Crippen molar-refractivity contribution in [3.05, 3.63) is 0 Å². The van der Waals surface area contributed by atoms with Crippen molar-refractivity contribution in [3.8, 4) is 0 Å². The Morgan fingerprint density at radius 3 is 2.00 bits per heavy atom. The Kier molecular flexibility index (Phi) is 3.84. The minimum Gasteiger partial charge on any atom is -0.387 e. The van der Waals surface area contributed by atoms with Crippen molar-refractivity contribution in [3.63, 3.8) is 0 Å². The zero-order valence-corrected chi connectivity index (χ0v) is 6.83. The lowest BCUT2D eigenvalue weighted by Gasteiger charge is -2.21. The molecular weight excluding hydrogens is 185 g/mol. The maximum absolute atomic E-state index is 12.4. The van der Waals surface area contributed by atoms with Gasteiger partial charge in [-0.1, -0.05) is 30.1 Å². The topological polar surface area (TPSA) is 20.2 Å². The van der Waals surface area contributed by atoms with Gasteiger partial charge in [0.05, 0.1) is 0 Å². The van der Waals surface area contributed by atoms with Crippen LogP contribution < -0.4 is 0 Å². The molecule has 0 aromatic heterocycles. The molecule has 0 aromatic carbocycles. The molecule has 1 unspecified atom stereocenters. The van der Waals surface area contributed by atoms with Crippen molar-refractivity contribution < 1.29 is 13.9 Å². The van der Waals surface area contributed by atoms with Crippen LogP contribution in [0, 0.1) is 0 Å². The molecule has 0 fully saturated rings. The average molecular weight is 193 g/mol. The van der Waals surface area contributed by atoms with Crippen molar-refractivity contribution in [1.29, 1.82) is 0 Å². The van der Waals surface area contributed by atoms with Crippen LogP contribution in [0.3, 0.4) is 0 Å². The molecule has 1 N–H and O–H groups in total. The van der Waals surface area contributed by atoms with Crippen molar-refractivity contribution in [1.82, 2.24) is 0 Å². The van der Waals surface area contributed by atoms with Crippen molar-refractivity contribution in [2.75, 3.05) is 0 Å². The van der Waals surface area contributed by atoms with Gasteiger partial charge in [-0.25, -0.2) is 8.78 Å². The van der Waals surface area contributed by atoms with E-state index in [0.717, 1.165) is 0 Å². The quantitative estimate of drug-likeness (QED) is 0.681. The highest BCUT2D eigenvalue weighted by Crippen LogP contribution is 2.31. The van der Waals surface area contributed by atoms with Crippen molar-refractivity contribution >= 4 is 23.2 Å². The van der Waals surface area contributed by atoms with Gasteiger partial charge in [0.1, 0.15) is 6.10 Å². The molecule has 0 heterocycles. The molecule has 0 aliphatic carbocycles. The normalized spacial score (nSPS) is 15.9. The second-order valence-electron chi connectivity index (χ2n) is 1.90. The van der Waals surface area contributed by atoms with Gasteiger partial charge in [-0.05, 0) is 6.42 Å². The highest BCUT2D eigenvalue weighted by molar-refractivity contribution is 6.45. The Hall–Kier alpha value is 0.400. The third-order valence-corrected chi connectivity index (χ3v) is 1.70. The zero-order valence-electron chi connectivity index (χ0n) is 5.32. The monoisotopic (exact) mass is 192 g/mol. The molecule has 0 saturated heterocycles. The van der Waals surface area contributed by atoms with Gasteiger partial charge in [-0.2, -0.15) is 0 Å². The number of aliphatic hydroxyl groups excluding tert-OH is 1. The first-order valence-corrected chi connectivity index (χ1v) is 3.64. The van der Waals surface area contributed by atoms with Crippen LogP contribution in [0.25, 0.3) is 0 Å². The summed E-state index contributed by atoms with van der Waals surface area (Å²) in [5.74, 6) is -3.40. The van der Waals surface area contributed by atoms with Gasteiger partial charge < -0.3 is 5.11 Å². The second-order valence-corrected chi connectivity index (χ2v) is 3.00. The molecule has 1 nitrogen and oxygen atoms in total. The van der Waals surface area contributed by atoms with Gasteiger partial charge in [0.2, 0.25) is 0 Å². The van der Waals surface area contributed by atoms with Crippen LogP contribution in [0.1, 0.15) is 13.3 Å². The minimum atomic E-state index is -3.40. The van der Waals surface area contributed by atoms with Gasteiger partial charge >= 0.3 is 5.92 Å². The molecular formula is C5H8Cl2F2O. The lowest BCUT2D eigenvalue weighted by atomic mass is 10.2. The summed E-state index contributed by atoms with van der Waals surface area (Å²) in [7, 11) is 0. The fourth-order valence-electron chi connectivity index (χ4n) is 0.418. The molecule has 0 rings (SSSR count). The number of alkyl halides is 4. The molecule has 0 bridgehead atoms. The zero-order chi connectivity index (χ0) is 8.36. The van der Waals surface area contributed by atoms with E-state index in [1.807, 2.05) is 0 Å². The SMILES string of the molecule is CCC(O)C(F)(F)C(Cl)Cl. The third-order valence-electron chi connectivity index (χ3n) is 1.12. The summed E-state index contributed by atoms with van der Waals surface area (Å²) < 4.78 is 24.9. The van der Waals surface area contributed by atoms with Gasteiger partial charge in [-0.3, -0.25) is 0 Å². The smallest absolute Gasteiger partial charge is 0.302 e. The molecule has 10 heavy (non-hydrogen) atoms. The maximum Gasteiger partial charge on any atom is 0.302 e. The van der Waals surface area contributed by atoms with Crippen molar-refractivity contribution in [2.24, 2.45) is 0 Å². The van der Waals surface area contributed by atoms with E-state index in [-0.39, 0.29) is 6.42 Å². The number of aliphatic hydroxyl groups is 1. The molecule has 0 saturated carbocycles. The second kappa shape index (κ2) is 3.69.